The van der Waals surface area contributed by atoms with Crippen LogP contribution < -0.4 is 14.4 Å². The molecule has 1 amide bonds. The molecule has 4 rings (SSSR count). The second kappa shape index (κ2) is 11.0. The van der Waals surface area contributed by atoms with Crippen molar-refractivity contribution in [3.05, 3.63) is 95.1 Å². The lowest BCUT2D eigenvalue weighted by molar-refractivity contribution is -0.139. The number of ketones is 1. The van der Waals surface area contributed by atoms with Gasteiger partial charge < -0.3 is 19.3 Å². The highest BCUT2D eigenvalue weighted by Gasteiger charge is 2.47. The summed E-state index contributed by atoms with van der Waals surface area (Å²) in [6, 6.07) is 19.5. The third-order valence-corrected chi connectivity index (χ3v) is 6.11. The van der Waals surface area contributed by atoms with E-state index in [-0.39, 0.29) is 23.7 Å². The topological polar surface area (TPSA) is 102 Å². The predicted molar refractivity (Wildman–Crippen MR) is 138 cm³/mol. The Morgan fingerprint density at radius 3 is 2.08 bits per heavy atom. The number of ether oxygens (including phenoxy) is 3. The smallest absolute Gasteiger partial charge is 0.309 e. The Morgan fingerprint density at radius 1 is 0.892 bits per heavy atom. The first kappa shape index (κ1) is 25.5. The standard InChI is InChI=1S/C29H27NO7/c1-4-37-23-15-9-20(10-16-23)27(32)25-26(19-7-13-22(35-2)14-8-19)30(29(34)28(25)33)21-11-5-18(6-12-21)17-24(31)36-3/h5-16,26,32H,4,17H2,1-3H3/b27-25+. The van der Waals surface area contributed by atoms with Crippen molar-refractivity contribution in [2.75, 3.05) is 25.7 Å². The quantitative estimate of drug-likeness (QED) is 0.211. The van der Waals surface area contributed by atoms with Crippen molar-refractivity contribution in [3.8, 4) is 11.5 Å². The Morgan fingerprint density at radius 2 is 1.51 bits per heavy atom. The van der Waals surface area contributed by atoms with E-state index in [1.165, 1.54) is 12.0 Å². The summed E-state index contributed by atoms with van der Waals surface area (Å²) in [5.41, 5.74) is 2.11. The highest BCUT2D eigenvalue weighted by Crippen LogP contribution is 2.42. The van der Waals surface area contributed by atoms with Crippen molar-refractivity contribution in [2.45, 2.75) is 19.4 Å². The van der Waals surface area contributed by atoms with Gasteiger partial charge >= 0.3 is 5.97 Å². The van der Waals surface area contributed by atoms with Gasteiger partial charge in [0.15, 0.2) is 0 Å². The van der Waals surface area contributed by atoms with E-state index in [2.05, 4.69) is 0 Å². The van der Waals surface area contributed by atoms with Crippen LogP contribution in [0, 0.1) is 0 Å². The summed E-state index contributed by atoms with van der Waals surface area (Å²) >= 11 is 0. The van der Waals surface area contributed by atoms with Gasteiger partial charge in [0.2, 0.25) is 0 Å². The van der Waals surface area contributed by atoms with Crippen molar-refractivity contribution in [1.82, 2.24) is 0 Å². The third kappa shape index (κ3) is 5.18. The number of carbonyl (C=O) groups excluding carboxylic acids is 3. The number of carbonyl (C=O) groups is 3. The molecule has 190 valence electrons. The Hall–Kier alpha value is -4.59. The second-order valence-electron chi connectivity index (χ2n) is 8.32. The maximum Gasteiger partial charge on any atom is 0.309 e. The van der Waals surface area contributed by atoms with Gasteiger partial charge in [-0.25, -0.2) is 0 Å². The molecule has 0 radical (unpaired) electrons. The van der Waals surface area contributed by atoms with E-state index >= 15 is 0 Å². The molecule has 1 heterocycles. The van der Waals surface area contributed by atoms with Crippen molar-refractivity contribution < 1.29 is 33.7 Å². The Kier molecular flexibility index (Phi) is 7.57. The molecule has 0 aliphatic carbocycles. The van der Waals surface area contributed by atoms with Gasteiger partial charge in [0.05, 0.1) is 38.9 Å². The number of benzene rings is 3. The molecule has 0 spiro atoms. The molecule has 1 saturated heterocycles. The van der Waals surface area contributed by atoms with Crippen LogP contribution in [0.5, 0.6) is 11.5 Å². The summed E-state index contributed by atoms with van der Waals surface area (Å²) in [4.78, 5) is 39.6. The number of methoxy groups -OCH3 is 2. The molecule has 1 atom stereocenters. The minimum absolute atomic E-state index is 0.0297. The van der Waals surface area contributed by atoms with Gasteiger partial charge in [0.1, 0.15) is 17.3 Å². The van der Waals surface area contributed by atoms with E-state index < -0.39 is 17.7 Å². The Labute approximate surface area is 214 Å². The lowest BCUT2D eigenvalue weighted by atomic mass is 9.95. The summed E-state index contributed by atoms with van der Waals surface area (Å²) in [6.07, 6.45) is 0.0786. The lowest BCUT2D eigenvalue weighted by Crippen LogP contribution is -2.29. The Bertz CT molecular complexity index is 1330. The van der Waals surface area contributed by atoms with Crippen molar-refractivity contribution in [2.24, 2.45) is 0 Å². The monoisotopic (exact) mass is 501 g/mol. The normalized spacial score (nSPS) is 16.5. The number of aliphatic hydroxyl groups is 1. The first-order chi connectivity index (χ1) is 17.9. The number of Topliss-reactive ketones (excluding diaryl/α,β-unsaturated/α-hetero) is 1. The second-order valence-corrected chi connectivity index (χ2v) is 8.32. The number of hydrogen-bond donors (Lipinski definition) is 1. The molecule has 3 aromatic carbocycles. The molecule has 0 saturated carbocycles. The van der Waals surface area contributed by atoms with Crippen LogP contribution in [-0.2, 0) is 25.5 Å². The number of amides is 1. The van der Waals surface area contributed by atoms with Crippen LogP contribution in [0.2, 0.25) is 0 Å². The van der Waals surface area contributed by atoms with Crippen LogP contribution in [0.15, 0.2) is 78.4 Å². The zero-order valence-corrected chi connectivity index (χ0v) is 20.8. The lowest BCUT2D eigenvalue weighted by Gasteiger charge is -2.25. The largest absolute Gasteiger partial charge is 0.507 e. The molecule has 37 heavy (non-hydrogen) atoms. The molecular weight excluding hydrogens is 474 g/mol. The van der Waals surface area contributed by atoms with E-state index in [9.17, 15) is 19.5 Å². The molecule has 1 aliphatic heterocycles. The summed E-state index contributed by atoms with van der Waals surface area (Å²) in [6.45, 7) is 2.36. The zero-order valence-electron chi connectivity index (χ0n) is 20.8. The highest BCUT2D eigenvalue weighted by atomic mass is 16.5. The third-order valence-electron chi connectivity index (χ3n) is 6.11. The van der Waals surface area contributed by atoms with Gasteiger partial charge in [-0.2, -0.15) is 0 Å². The number of aliphatic hydroxyl groups excluding tert-OH is 1. The van der Waals surface area contributed by atoms with E-state index in [0.717, 1.165) is 0 Å². The minimum atomic E-state index is -0.885. The van der Waals surface area contributed by atoms with Crippen LogP contribution in [0.3, 0.4) is 0 Å². The molecule has 1 aliphatic rings. The van der Waals surface area contributed by atoms with E-state index in [4.69, 9.17) is 14.2 Å². The van der Waals surface area contributed by atoms with Gasteiger partial charge in [0, 0.05) is 11.3 Å². The molecule has 0 bridgehead atoms. The van der Waals surface area contributed by atoms with Gasteiger partial charge in [-0.05, 0) is 66.6 Å². The number of nitrogens with zero attached hydrogens (tertiary/aromatic N) is 1. The summed E-state index contributed by atoms with van der Waals surface area (Å²) in [5, 5.41) is 11.3. The molecule has 1 N–H and O–H groups in total. The average molecular weight is 502 g/mol. The molecular formula is C29H27NO7. The fraction of sp³-hybridized carbons (Fsp3) is 0.207. The summed E-state index contributed by atoms with van der Waals surface area (Å²) in [5.74, 6) is -1.01. The van der Waals surface area contributed by atoms with Crippen molar-refractivity contribution in [3.63, 3.8) is 0 Å². The number of esters is 1. The van der Waals surface area contributed by atoms with Gasteiger partial charge in [-0.15, -0.1) is 0 Å². The minimum Gasteiger partial charge on any atom is -0.507 e. The van der Waals surface area contributed by atoms with Gasteiger partial charge in [-0.1, -0.05) is 24.3 Å². The number of anilines is 1. The SMILES string of the molecule is CCOc1ccc(/C(O)=C2\C(=O)C(=O)N(c3ccc(CC(=O)OC)cc3)C2c2ccc(OC)cc2)cc1. The van der Waals surface area contributed by atoms with Crippen LogP contribution in [0.25, 0.3) is 5.76 Å². The van der Waals surface area contributed by atoms with E-state index in [0.29, 0.717) is 40.5 Å². The van der Waals surface area contributed by atoms with Crippen molar-refractivity contribution >= 4 is 29.1 Å². The van der Waals surface area contributed by atoms with E-state index in [1.54, 1.807) is 79.9 Å². The highest BCUT2D eigenvalue weighted by molar-refractivity contribution is 6.51. The summed E-state index contributed by atoms with van der Waals surface area (Å²) < 4.78 is 15.4. The maximum atomic E-state index is 13.3. The molecule has 0 aromatic heterocycles. The fourth-order valence-electron chi connectivity index (χ4n) is 4.24. The predicted octanol–water partition coefficient (Wildman–Crippen LogP) is 4.44. The average Bonchev–Trinajstić information content (AvgIpc) is 3.19. The first-order valence-corrected chi connectivity index (χ1v) is 11.7. The Balaban J connectivity index is 1.81. The molecule has 8 heteroatoms. The van der Waals surface area contributed by atoms with Gasteiger partial charge in [-0.3, -0.25) is 19.3 Å². The van der Waals surface area contributed by atoms with Crippen LogP contribution in [0.1, 0.15) is 29.7 Å². The van der Waals surface area contributed by atoms with E-state index in [1.807, 2.05) is 6.92 Å². The van der Waals surface area contributed by atoms with Crippen LogP contribution >= 0.6 is 0 Å². The van der Waals surface area contributed by atoms with Crippen LogP contribution in [0.4, 0.5) is 5.69 Å². The maximum absolute atomic E-state index is 13.3. The zero-order chi connectivity index (χ0) is 26.5. The first-order valence-electron chi connectivity index (χ1n) is 11.7. The summed E-state index contributed by atoms with van der Waals surface area (Å²) in [7, 11) is 2.86. The van der Waals surface area contributed by atoms with Crippen LogP contribution in [-0.4, -0.2) is 43.6 Å². The molecule has 1 fully saturated rings. The molecule has 3 aromatic rings. The fourth-order valence-corrected chi connectivity index (χ4v) is 4.24. The van der Waals surface area contributed by atoms with Crippen molar-refractivity contribution in [1.29, 1.82) is 0 Å². The van der Waals surface area contributed by atoms with Gasteiger partial charge in [0.25, 0.3) is 11.7 Å². The molecule has 8 nitrogen and oxygen atoms in total. The molecule has 1 unspecified atom stereocenters. The number of hydrogen-bond acceptors (Lipinski definition) is 7. The number of rotatable bonds is 8.